The monoisotopic (exact) mass is 234 g/mol. The van der Waals surface area contributed by atoms with E-state index in [2.05, 4.69) is 47.6 Å². The molecule has 1 nitrogen and oxygen atoms in total. The molecule has 1 aliphatic carbocycles. The lowest BCUT2D eigenvalue weighted by molar-refractivity contribution is -0.113. The van der Waals surface area contributed by atoms with Gasteiger partial charge < -0.3 is 0 Å². The lowest BCUT2D eigenvalue weighted by Gasteiger charge is -2.26. The third-order valence-corrected chi connectivity index (χ3v) is 3.56. The second-order valence-electron chi connectivity index (χ2n) is 6.09. The highest BCUT2D eigenvalue weighted by atomic mass is 16.1. The zero-order chi connectivity index (χ0) is 13.2. The molecule has 0 aromatic rings. The molecule has 0 N–H and O–H groups in total. The van der Waals surface area contributed by atoms with Crippen molar-refractivity contribution in [3.63, 3.8) is 0 Å². The van der Waals surface area contributed by atoms with E-state index in [0.717, 1.165) is 24.0 Å². The maximum Gasteiger partial charge on any atom is 0.184 e. The summed E-state index contributed by atoms with van der Waals surface area (Å²) < 4.78 is 0. The van der Waals surface area contributed by atoms with Crippen molar-refractivity contribution in [3.05, 3.63) is 22.8 Å². The van der Waals surface area contributed by atoms with Crippen molar-refractivity contribution in [2.45, 2.75) is 54.4 Å². The molecule has 0 radical (unpaired) electrons. The lowest BCUT2D eigenvalue weighted by atomic mass is 9.78. The first-order valence-corrected chi connectivity index (χ1v) is 6.78. The molecule has 0 bridgehead atoms. The minimum atomic E-state index is 0.308. The first kappa shape index (κ1) is 14.2. The first-order chi connectivity index (χ1) is 7.82. The molecule has 1 atom stereocenters. The average Bonchev–Trinajstić information content (AvgIpc) is 2.21. The summed E-state index contributed by atoms with van der Waals surface area (Å²) in [4.78, 5) is 12.4. The van der Waals surface area contributed by atoms with Crippen LogP contribution in [0.15, 0.2) is 22.8 Å². The Morgan fingerprint density at radius 3 is 2.29 bits per heavy atom. The normalized spacial score (nSPS) is 27.2. The molecule has 0 saturated heterocycles. The number of hydrogen-bond donors (Lipinski definition) is 0. The second kappa shape index (κ2) is 5.66. The highest BCUT2D eigenvalue weighted by Gasteiger charge is 2.27. The number of carbonyl (C=O) groups is 1. The summed E-state index contributed by atoms with van der Waals surface area (Å²) >= 11 is 0. The predicted molar refractivity (Wildman–Crippen MR) is 73.9 cm³/mol. The Bertz CT molecular complexity index is 356. The van der Waals surface area contributed by atoms with Crippen LogP contribution in [0, 0.1) is 17.8 Å². The molecule has 1 fully saturated rings. The molecule has 0 spiro atoms. The van der Waals surface area contributed by atoms with Gasteiger partial charge in [0.05, 0.1) is 0 Å². The Morgan fingerprint density at radius 2 is 1.82 bits per heavy atom. The molecule has 0 heterocycles. The lowest BCUT2D eigenvalue weighted by Crippen LogP contribution is -2.21. The Hall–Kier alpha value is -0.850. The summed E-state index contributed by atoms with van der Waals surface area (Å²) in [6, 6.07) is 0. The van der Waals surface area contributed by atoms with Gasteiger partial charge in [-0.1, -0.05) is 46.3 Å². The molecule has 96 valence electrons. The smallest absolute Gasteiger partial charge is 0.184 e. The SMILES string of the molecule is C/C(=C1/CC(C)C/C(=C\C(C)C)C1=O)C(C)C. The first-order valence-electron chi connectivity index (χ1n) is 6.78. The van der Waals surface area contributed by atoms with Crippen LogP contribution >= 0.6 is 0 Å². The molecule has 0 amide bonds. The fourth-order valence-electron chi connectivity index (χ4n) is 2.41. The van der Waals surface area contributed by atoms with Gasteiger partial charge in [-0.3, -0.25) is 4.79 Å². The van der Waals surface area contributed by atoms with Crippen LogP contribution in [-0.4, -0.2) is 5.78 Å². The Labute approximate surface area is 106 Å². The third-order valence-electron chi connectivity index (χ3n) is 3.56. The maximum absolute atomic E-state index is 12.4. The molecule has 1 saturated carbocycles. The zero-order valence-electron chi connectivity index (χ0n) is 12.1. The number of hydrogen-bond acceptors (Lipinski definition) is 1. The van der Waals surface area contributed by atoms with Gasteiger partial charge >= 0.3 is 0 Å². The number of rotatable bonds is 2. The number of ketones is 1. The van der Waals surface area contributed by atoms with E-state index in [1.165, 1.54) is 5.57 Å². The summed E-state index contributed by atoms with van der Waals surface area (Å²) in [6.07, 6.45) is 4.05. The summed E-state index contributed by atoms with van der Waals surface area (Å²) in [5.41, 5.74) is 3.38. The maximum atomic E-state index is 12.4. The van der Waals surface area contributed by atoms with E-state index in [9.17, 15) is 4.79 Å². The van der Waals surface area contributed by atoms with Crippen LogP contribution in [0.1, 0.15) is 54.4 Å². The molecule has 0 aromatic carbocycles. The molecule has 0 aliphatic heterocycles. The van der Waals surface area contributed by atoms with Gasteiger partial charge in [0, 0.05) is 0 Å². The van der Waals surface area contributed by atoms with Gasteiger partial charge in [0.25, 0.3) is 0 Å². The van der Waals surface area contributed by atoms with Crippen LogP contribution in [0.25, 0.3) is 0 Å². The number of carbonyl (C=O) groups excluding carboxylic acids is 1. The average molecular weight is 234 g/mol. The van der Waals surface area contributed by atoms with Crippen molar-refractivity contribution in [1.82, 2.24) is 0 Å². The van der Waals surface area contributed by atoms with Crippen LogP contribution in [0.4, 0.5) is 0 Å². The van der Waals surface area contributed by atoms with Crippen LogP contribution in [-0.2, 0) is 4.79 Å². The van der Waals surface area contributed by atoms with Crippen molar-refractivity contribution < 1.29 is 4.79 Å². The van der Waals surface area contributed by atoms with Crippen LogP contribution < -0.4 is 0 Å². The van der Waals surface area contributed by atoms with Crippen LogP contribution in [0.5, 0.6) is 0 Å². The molecule has 1 unspecified atom stereocenters. The fraction of sp³-hybridized carbons (Fsp3) is 0.688. The molecule has 17 heavy (non-hydrogen) atoms. The third kappa shape index (κ3) is 3.55. The Kier molecular flexibility index (Phi) is 4.73. The van der Waals surface area contributed by atoms with E-state index in [1.807, 2.05) is 0 Å². The molecule has 1 heteroatoms. The van der Waals surface area contributed by atoms with Crippen molar-refractivity contribution in [2.75, 3.05) is 0 Å². The van der Waals surface area contributed by atoms with Gasteiger partial charge in [-0.15, -0.1) is 0 Å². The summed E-state index contributed by atoms with van der Waals surface area (Å²) in [6.45, 7) is 13.0. The van der Waals surface area contributed by atoms with E-state index in [1.54, 1.807) is 0 Å². The topological polar surface area (TPSA) is 17.1 Å². The summed E-state index contributed by atoms with van der Waals surface area (Å²) in [5, 5.41) is 0. The minimum absolute atomic E-state index is 0.308. The van der Waals surface area contributed by atoms with Crippen molar-refractivity contribution in [1.29, 1.82) is 0 Å². The molecule has 1 rings (SSSR count). The molecular formula is C16H26O. The number of allylic oxidation sites excluding steroid dienone is 4. The van der Waals surface area contributed by atoms with E-state index in [4.69, 9.17) is 0 Å². The highest BCUT2D eigenvalue weighted by molar-refractivity contribution is 6.09. The summed E-state index contributed by atoms with van der Waals surface area (Å²) in [7, 11) is 0. The zero-order valence-corrected chi connectivity index (χ0v) is 12.1. The van der Waals surface area contributed by atoms with Gasteiger partial charge in [0.2, 0.25) is 0 Å². The van der Waals surface area contributed by atoms with Gasteiger partial charge in [-0.05, 0) is 48.7 Å². The van der Waals surface area contributed by atoms with E-state index in [-0.39, 0.29) is 0 Å². The van der Waals surface area contributed by atoms with Crippen molar-refractivity contribution >= 4 is 5.78 Å². The molecular weight excluding hydrogens is 208 g/mol. The van der Waals surface area contributed by atoms with E-state index < -0.39 is 0 Å². The van der Waals surface area contributed by atoms with Gasteiger partial charge in [-0.25, -0.2) is 0 Å². The van der Waals surface area contributed by atoms with Crippen LogP contribution in [0.2, 0.25) is 0 Å². The van der Waals surface area contributed by atoms with Gasteiger partial charge in [0.1, 0.15) is 0 Å². The molecule has 1 aliphatic rings. The molecule has 0 aromatic heterocycles. The quantitative estimate of drug-likeness (QED) is 0.641. The van der Waals surface area contributed by atoms with E-state index in [0.29, 0.717) is 23.5 Å². The van der Waals surface area contributed by atoms with E-state index >= 15 is 0 Å². The second-order valence-corrected chi connectivity index (χ2v) is 6.09. The Morgan fingerprint density at radius 1 is 1.24 bits per heavy atom. The van der Waals surface area contributed by atoms with Gasteiger partial charge in [0.15, 0.2) is 5.78 Å². The number of Topliss-reactive ketones (excluding diaryl/α,β-unsaturated/α-hetero) is 1. The standard InChI is InChI=1S/C16H26O/c1-10(2)7-14-8-12(5)9-15(16(14)17)13(6)11(3)4/h7,10-12H,8-9H2,1-6H3/b14-7+,15-13+. The highest BCUT2D eigenvalue weighted by Crippen LogP contribution is 2.33. The summed E-state index contributed by atoms with van der Waals surface area (Å²) in [5.74, 6) is 1.84. The Balaban J connectivity index is 3.11. The van der Waals surface area contributed by atoms with Crippen LogP contribution in [0.3, 0.4) is 0 Å². The van der Waals surface area contributed by atoms with Gasteiger partial charge in [-0.2, -0.15) is 0 Å². The fourth-order valence-corrected chi connectivity index (χ4v) is 2.41. The largest absolute Gasteiger partial charge is 0.289 e. The van der Waals surface area contributed by atoms with Crippen molar-refractivity contribution in [3.8, 4) is 0 Å². The van der Waals surface area contributed by atoms with Crippen molar-refractivity contribution in [2.24, 2.45) is 17.8 Å². The predicted octanol–water partition coefficient (Wildman–Crippen LogP) is 4.54. The minimum Gasteiger partial charge on any atom is -0.289 e.